The molecular formula is C50H41F18N12OP3Ru2. The molecule has 9 rings (SSSR count). The Morgan fingerprint density at radius 2 is 0.558 bits per heavy atom. The zero-order valence-electron chi connectivity index (χ0n) is 43.4. The number of halogens is 18. The first kappa shape index (κ1) is 78.3. The van der Waals surface area contributed by atoms with Crippen LogP contribution in [0.1, 0.15) is 26.7 Å². The molecule has 9 aromatic heterocycles. The van der Waals surface area contributed by atoms with Gasteiger partial charge in [-0.3, -0.25) is 29.9 Å². The van der Waals surface area contributed by atoms with Crippen LogP contribution in [0.25, 0.3) is 68.3 Å². The molecule has 0 atom stereocenters. The molecule has 0 aromatic carbocycles. The molecule has 0 aliphatic carbocycles. The van der Waals surface area contributed by atoms with Crippen LogP contribution in [0, 0.1) is 22.7 Å². The third kappa shape index (κ3) is 46.7. The Kier molecular flexibility index (Phi) is 27.9. The van der Waals surface area contributed by atoms with Gasteiger partial charge in [-0.05, 0) is 117 Å². The molecule has 9 heterocycles. The summed E-state index contributed by atoms with van der Waals surface area (Å²) in [7, 11) is -32.0. The second kappa shape index (κ2) is 30.6. The normalized spacial score (nSPS) is 12.7. The van der Waals surface area contributed by atoms with E-state index < -0.39 is 23.4 Å². The smallest absolute Gasteiger partial charge is 0.573 e. The number of Topliss-reactive ketones (excluding diaryl/α,β-unsaturated/α-hetero) is 1. The number of unbranched alkanes of at least 4 members (excludes halogenated alkanes) is 1. The van der Waals surface area contributed by atoms with E-state index in [1.165, 1.54) is 13.8 Å². The molecule has 0 aliphatic rings. The number of pyridine rings is 8. The molecule has 0 fully saturated rings. The number of hydrogen-bond acceptors (Lipinski definition) is 12. The third-order valence-corrected chi connectivity index (χ3v) is 7.95. The monoisotopic (exact) mass is 1460 g/mol. The van der Waals surface area contributed by atoms with Crippen LogP contribution in [0.3, 0.4) is 0 Å². The number of nitrogens with zero attached hydrogens (tertiary/aromatic N) is 12. The van der Waals surface area contributed by atoms with Crippen molar-refractivity contribution in [1.82, 2.24) is 50.1 Å². The number of ketones is 1. The van der Waals surface area contributed by atoms with Crippen LogP contribution in [0.5, 0.6) is 0 Å². The maximum Gasteiger partial charge on any atom is 2.00 e. The van der Waals surface area contributed by atoms with E-state index in [1.807, 2.05) is 164 Å². The first-order valence-electron chi connectivity index (χ1n) is 22.6. The van der Waals surface area contributed by atoms with Crippen LogP contribution < -0.4 is 5.10 Å². The van der Waals surface area contributed by atoms with Crippen molar-refractivity contribution in [3.05, 3.63) is 189 Å². The Morgan fingerprint density at radius 1 is 0.360 bits per heavy atom. The second-order valence-electron chi connectivity index (χ2n) is 15.8. The Balaban J connectivity index is 0.00000101. The first-order chi connectivity index (χ1) is 38.3. The van der Waals surface area contributed by atoms with Gasteiger partial charge in [0.2, 0.25) is 0 Å². The fraction of sp³-hybridized carbons (Fsp3) is 0.0800. The zero-order chi connectivity index (χ0) is 63.6. The van der Waals surface area contributed by atoms with E-state index in [4.69, 9.17) is 10.5 Å². The van der Waals surface area contributed by atoms with E-state index in [-0.39, 0.29) is 44.7 Å². The largest absolute Gasteiger partial charge is 2.00 e. The Labute approximate surface area is 502 Å². The molecule has 464 valence electrons. The number of nitriles is 2. The van der Waals surface area contributed by atoms with E-state index in [2.05, 4.69) is 50.1 Å². The van der Waals surface area contributed by atoms with Crippen molar-refractivity contribution >= 4 is 29.2 Å². The van der Waals surface area contributed by atoms with Crippen LogP contribution in [-0.2, 0) is 43.8 Å². The van der Waals surface area contributed by atoms with Crippen molar-refractivity contribution in [2.45, 2.75) is 26.7 Å². The zero-order valence-corrected chi connectivity index (χ0v) is 49.6. The minimum Gasteiger partial charge on any atom is -0.573 e. The van der Waals surface area contributed by atoms with Gasteiger partial charge in [0.25, 0.3) is 0 Å². The molecule has 9 aromatic rings. The quantitative estimate of drug-likeness (QED) is 0.0633. The predicted octanol–water partition coefficient (Wildman–Crippen LogP) is 20.1. The summed E-state index contributed by atoms with van der Waals surface area (Å²) in [5, 5.41) is 23.8. The van der Waals surface area contributed by atoms with E-state index >= 15 is 0 Å². The molecule has 0 aliphatic heterocycles. The summed E-state index contributed by atoms with van der Waals surface area (Å²) >= 11 is 0. The molecule has 13 nitrogen and oxygen atoms in total. The van der Waals surface area contributed by atoms with Crippen molar-refractivity contribution in [1.29, 1.82) is 10.5 Å². The van der Waals surface area contributed by atoms with E-state index in [9.17, 15) is 80.3 Å². The van der Waals surface area contributed by atoms with Crippen molar-refractivity contribution in [3.63, 3.8) is 0 Å². The number of hydrogen-bond donors (Lipinski definition) is 0. The standard InChI is InChI=1S/2C15H11N3.C13H9N4.C4H4N2.C3H6O.3F6P.2Ru/c2*1-3-10-16-12(6-1)14-8-5-9-15(18-14)13-7-2-4-11-17-13;1-3-7-14-10(5-1)12-9-13(17-16-12)11-6-2-4-8-15-11;5-3-1-2-4-6;1-3(2)4;3*1-7(2,3,4,5)6;;/h2*1-11H;1-9H;1-2H2;1-2H3;;;;;/q;;-1;;;3*-1;2*+2. The summed E-state index contributed by atoms with van der Waals surface area (Å²) < 4.78 is 178. The fourth-order valence-corrected chi connectivity index (χ4v) is 5.18. The van der Waals surface area contributed by atoms with Gasteiger partial charge in [0.15, 0.2) is 0 Å². The molecule has 0 saturated carbocycles. The van der Waals surface area contributed by atoms with Gasteiger partial charge in [-0.15, -0.1) is 0 Å². The average Bonchev–Trinajstić information content (AvgIpc) is 1.83. The van der Waals surface area contributed by atoms with Gasteiger partial charge in [-0.25, -0.2) is 9.97 Å². The Bertz CT molecular complexity index is 3160. The minimum atomic E-state index is -10.7. The van der Waals surface area contributed by atoms with Crippen LogP contribution in [0.4, 0.5) is 75.5 Å². The topological polar surface area (TPSA) is 195 Å². The molecule has 36 heteroatoms. The minimum absolute atomic E-state index is 0. The van der Waals surface area contributed by atoms with Crippen LogP contribution in [0.15, 0.2) is 189 Å². The molecule has 0 radical (unpaired) electrons. The fourth-order valence-electron chi connectivity index (χ4n) is 5.18. The number of carbonyl (C=O) groups is 1. The first-order valence-corrected chi connectivity index (χ1v) is 28.7. The number of aromatic nitrogens is 10. The number of carbonyl (C=O) groups excluding carboxylic acids is 1. The molecule has 0 saturated heterocycles. The summed E-state index contributed by atoms with van der Waals surface area (Å²) in [6.07, 6.45) is 11.3. The predicted molar refractivity (Wildman–Crippen MR) is 283 cm³/mol. The third-order valence-electron chi connectivity index (χ3n) is 7.95. The van der Waals surface area contributed by atoms with Gasteiger partial charge in [0.1, 0.15) is 5.78 Å². The average molecular weight is 1460 g/mol. The van der Waals surface area contributed by atoms with Gasteiger partial charge in [0.05, 0.1) is 69.1 Å². The van der Waals surface area contributed by atoms with Crippen molar-refractivity contribution in [2.24, 2.45) is 0 Å². The summed E-state index contributed by atoms with van der Waals surface area (Å²) in [5.41, 5.74) is 10.1. The van der Waals surface area contributed by atoms with E-state index in [0.29, 0.717) is 12.8 Å². The molecule has 0 N–H and O–H groups in total. The Morgan fingerprint density at radius 3 is 0.756 bits per heavy atom. The molecule has 86 heavy (non-hydrogen) atoms. The van der Waals surface area contributed by atoms with E-state index in [0.717, 1.165) is 68.3 Å². The Hall–Kier alpha value is -7.66. The van der Waals surface area contributed by atoms with Crippen molar-refractivity contribution in [3.8, 4) is 80.5 Å². The van der Waals surface area contributed by atoms with Gasteiger partial charge in [-0.2, -0.15) is 10.5 Å². The summed E-state index contributed by atoms with van der Waals surface area (Å²) in [5.74, 6) is 0.167. The van der Waals surface area contributed by atoms with Crippen molar-refractivity contribution < 1.29 is 119 Å². The summed E-state index contributed by atoms with van der Waals surface area (Å²) in [4.78, 5) is 44.3. The maximum absolute atomic E-state index is 10.7. The van der Waals surface area contributed by atoms with Gasteiger partial charge in [-0.1, -0.05) is 54.2 Å². The van der Waals surface area contributed by atoms with Crippen LogP contribution in [-0.4, -0.2) is 50.8 Å². The molecular weight excluding hydrogens is 1420 g/mol. The van der Waals surface area contributed by atoms with Crippen LogP contribution >= 0.6 is 23.4 Å². The molecule has 0 unspecified atom stereocenters. The molecule has 0 spiro atoms. The van der Waals surface area contributed by atoms with Crippen LogP contribution in [0.2, 0.25) is 0 Å². The molecule has 0 bridgehead atoms. The molecule has 0 amide bonds. The summed E-state index contributed by atoms with van der Waals surface area (Å²) in [6.45, 7) is 3.06. The van der Waals surface area contributed by atoms with Gasteiger partial charge < -0.3 is 15.0 Å². The number of rotatable bonds is 7. The maximum atomic E-state index is 9.87. The van der Waals surface area contributed by atoms with Gasteiger partial charge >= 0.3 is 138 Å². The van der Waals surface area contributed by atoms with Gasteiger partial charge in [0, 0.05) is 55.7 Å². The summed E-state index contributed by atoms with van der Waals surface area (Å²) in [6, 6.07) is 52.0. The SMILES string of the molecule is CC(C)=O.F[P-](F)(F)(F)(F)F.F[P-](F)(F)(F)(F)F.F[P-](F)(F)(F)(F)F.N#CCCC#N.[Ru+2].[Ru+2].c1ccc(-c2cc(-c3ccccn3)[n-]n2)nc1.c1ccc(-c2cccc(-c3ccccn3)n2)nc1.c1ccc(-c2cccc(-c3ccccn3)n2)nc1. The second-order valence-corrected chi connectivity index (χ2v) is 21.6. The van der Waals surface area contributed by atoms with Crippen molar-refractivity contribution in [2.75, 3.05) is 0 Å². The van der Waals surface area contributed by atoms with E-state index in [1.54, 1.807) is 37.2 Å².